The monoisotopic (exact) mass is 256 g/mol. The van der Waals surface area contributed by atoms with Gasteiger partial charge in [0.2, 0.25) is 5.91 Å². The Morgan fingerprint density at radius 2 is 2.11 bits per heavy atom. The van der Waals surface area contributed by atoms with Crippen LogP contribution in [0.5, 0.6) is 0 Å². The van der Waals surface area contributed by atoms with Crippen LogP contribution in [0.1, 0.15) is 34.1 Å². The predicted octanol–water partition coefficient (Wildman–Crippen LogP) is 0.785. The number of esters is 1. The highest BCUT2D eigenvalue weighted by molar-refractivity contribution is 5.87. The summed E-state index contributed by atoms with van der Waals surface area (Å²) in [7, 11) is 1.34. The number of carbonyl (C=O) groups is 2. The zero-order chi connectivity index (χ0) is 13.9. The summed E-state index contributed by atoms with van der Waals surface area (Å²) in [6.45, 7) is 9.58. The fourth-order valence-corrected chi connectivity index (χ4v) is 2.10. The molecule has 5 heteroatoms. The van der Waals surface area contributed by atoms with Gasteiger partial charge < -0.3 is 15.0 Å². The van der Waals surface area contributed by atoms with E-state index in [1.807, 2.05) is 25.7 Å². The number of carbonyl (C=O) groups excluding carboxylic acids is 2. The van der Waals surface area contributed by atoms with E-state index in [0.29, 0.717) is 12.5 Å². The highest BCUT2D eigenvalue weighted by Crippen LogP contribution is 2.20. The van der Waals surface area contributed by atoms with Crippen molar-refractivity contribution in [3.8, 4) is 0 Å². The third kappa shape index (κ3) is 3.70. The summed E-state index contributed by atoms with van der Waals surface area (Å²) >= 11 is 0. The van der Waals surface area contributed by atoms with Crippen molar-refractivity contribution in [3.05, 3.63) is 0 Å². The Balaban J connectivity index is 2.86. The van der Waals surface area contributed by atoms with Crippen LogP contribution in [0.15, 0.2) is 0 Å². The van der Waals surface area contributed by atoms with Gasteiger partial charge in [-0.3, -0.25) is 9.59 Å². The lowest BCUT2D eigenvalue weighted by molar-refractivity contribution is -0.146. The van der Waals surface area contributed by atoms with Crippen molar-refractivity contribution in [3.63, 3.8) is 0 Å². The molecular formula is C13H24N2O3. The van der Waals surface area contributed by atoms with Crippen LogP contribution < -0.4 is 5.32 Å². The molecule has 0 aromatic carbocycles. The summed E-state index contributed by atoms with van der Waals surface area (Å²) in [5.41, 5.74) is -0.230. The van der Waals surface area contributed by atoms with E-state index >= 15 is 0 Å². The Hall–Kier alpha value is -1.10. The lowest BCUT2D eigenvalue weighted by Gasteiger charge is -2.37. The molecule has 2 unspecified atom stereocenters. The van der Waals surface area contributed by atoms with Crippen molar-refractivity contribution >= 4 is 11.9 Å². The van der Waals surface area contributed by atoms with Gasteiger partial charge in [0, 0.05) is 18.6 Å². The molecule has 1 heterocycles. The van der Waals surface area contributed by atoms with Crippen LogP contribution >= 0.6 is 0 Å². The number of nitrogens with one attached hydrogen (secondary N) is 1. The zero-order valence-corrected chi connectivity index (χ0v) is 11.9. The summed E-state index contributed by atoms with van der Waals surface area (Å²) in [5, 5.41) is 3.16. The molecule has 0 bridgehead atoms. The minimum atomic E-state index is -0.471. The Morgan fingerprint density at radius 1 is 1.50 bits per heavy atom. The topological polar surface area (TPSA) is 58.6 Å². The molecule has 1 rings (SSSR count). The molecule has 0 spiro atoms. The Labute approximate surface area is 109 Å². The van der Waals surface area contributed by atoms with Crippen molar-refractivity contribution in [2.75, 3.05) is 20.2 Å². The van der Waals surface area contributed by atoms with Crippen molar-refractivity contribution in [2.24, 2.45) is 5.92 Å². The minimum Gasteiger partial charge on any atom is -0.469 e. The predicted molar refractivity (Wildman–Crippen MR) is 69.1 cm³/mol. The van der Waals surface area contributed by atoms with Gasteiger partial charge in [0.05, 0.1) is 19.6 Å². The number of amides is 1. The number of ether oxygens (including phenoxy) is 1. The van der Waals surface area contributed by atoms with E-state index in [2.05, 4.69) is 17.0 Å². The van der Waals surface area contributed by atoms with Crippen LogP contribution in [0, 0.1) is 5.92 Å². The molecule has 1 aliphatic heterocycles. The van der Waals surface area contributed by atoms with Gasteiger partial charge in [-0.15, -0.1) is 0 Å². The van der Waals surface area contributed by atoms with Crippen molar-refractivity contribution < 1.29 is 14.3 Å². The van der Waals surface area contributed by atoms with Gasteiger partial charge in [-0.25, -0.2) is 0 Å². The van der Waals surface area contributed by atoms with Gasteiger partial charge in [0.1, 0.15) is 0 Å². The van der Waals surface area contributed by atoms with E-state index in [0.717, 1.165) is 6.54 Å². The number of hydrogen-bond donors (Lipinski definition) is 1. The first-order valence-corrected chi connectivity index (χ1v) is 6.37. The number of methoxy groups -OCH3 is 1. The second-order valence-electron chi connectivity index (χ2n) is 5.97. The average molecular weight is 256 g/mol. The molecule has 1 saturated heterocycles. The Morgan fingerprint density at radius 3 is 2.61 bits per heavy atom. The number of rotatable bonds is 2. The van der Waals surface area contributed by atoms with Crippen LogP contribution in [-0.2, 0) is 14.3 Å². The molecule has 5 nitrogen and oxygen atoms in total. The number of nitrogens with zero attached hydrogens (tertiary/aromatic N) is 1. The quantitative estimate of drug-likeness (QED) is 0.742. The van der Waals surface area contributed by atoms with E-state index in [4.69, 9.17) is 0 Å². The standard InChI is InChI=1S/C13H24N2O3/c1-9-7-14-10(6-11(16)18-5)12(17)15(8-9)13(2,3)4/h9-10,14H,6-8H2,1-5H3. The normalized spacial score (nSPS) is 25.8. The maximum atomic E-state index is 12.4. The van der Waals surface area contributed by atoms with Gasteiger partial charge in [-0.2, -0.15) is 0 Å². The first-order chi connectivity index (χ1) is 8.25. The number of hydrogen-bond acceptors (Lipinski definition) is 4. The lowest BCUT2D eigenvalue weighted by atomic mass is 10.0. The molecule has 0 aliphatic carbocycles. The molecule has 18 heavy (non-hydrogen) atoms. The molecular weight excluding hydrogens is 232 g/mol. The summed E-state index contributed by atoms with van der Waals surface area (Å²) in [6.07, 6.45) is 0.0919. The zero-order valence-electron chi connectivity index (χ0n) is 11.9. The fraction of sp³-hybridized carbons (Fsp3) is 0.846. The Kier molecular flexibility index (Phi) is 4.73. The first kappa shape index (κ1) is 15.0. The fourth-order valence-electron chi connectivity index (χ4n) is 2.10. The summed E-state index contributed by atoms with van der Waals surface area (Å²) in [5.74, 6) is -0.00247. The van der Waals surface area contributed by atoms with E-state index < -0.39 is 6.04 Å². The SMILES string of the molecule is COC(=O)CC1NCC(C)CN(C(C)(C)C)C1=O. The summed E-state index contributed by atoms with van der Waals surface area (Å²) in [4.78, 5) is 25.6. The molecule has 1 aliphatic rings. The molecule has 0 radical (unpaired) electrons. The molecule has 1 N–H and O–H groups in total. The van der Waals surface area contributed by atoms with Gasteiger partial charge >= 0.3 is 5.97 Å². The molecule has 1 fully saturated rings. The summed E-state index contributed by atoms with van der Waals surface area (Å²) in [6, 6.07) is -0.471. The second-order valence-corrected chi connectivity index (χ2v) is 5.97. The van der Waals surface area contributed by atoms with Gasteiger partial charge in [-0.05, 0) is 26.7 Å². The van der Waals surface area contributed by atoms with Crippen LogP contribution in [0.4, 0.5) is 0 Å². The van der Waals surface area contributed by atoms with Crippen LogP contribution in [0.3, 0.4) is 0 Å². The average Bonchev–Trinajstić information content (AvgIpc) is 2.41. The smallest absolute Gasteiger partial charge is 0.307 e. The molecule has 1 amide bonds. The van der Waals surface area contributed by atoms with Crippen molar-refractivity contribution in [2.45, 2.75) is 45.7 Å². The molecule has 104 valence electrons. The summed E-state index contributed by atoms with van der Waals surface area (Å²) < 4.78 is 4.64. The molecule has 0 saturated carbocycles. The van der Waals surface area contributed by atoms with Crippen molar-refractivity contribution in [1.29, 1.82) is 0 Å². The maximum Gasteiger partial charge on any atom is 0.307 e. The molecule has 0 aromatic heterocycles. The van der Waals surface area contributed by atoms with Gasteiger partial charge in [0.15, 0.2) is 0 Å². The molecule has 2 atom stereocenters. The first-order valence-electron chi connectivity index (χ1n) is 6.37. The minimum absolute atomic E-state index is 0.0164. The maximum absolute atomic E-state index is 12.4. The Bertz CT molecular complexity index is 323. The third-order valence-corrected chi connectivity index (χ3v) is 3.18. The van der Waals surface area contributed by atoms with Crippen LogP contribution in [-0.4, -0.2) is 48.6 Å². The van der Waals surface area contributed by atoms with Crippen LogP contribution in [0.2, 0.25) is 0 Å². The van der Waals surface area contributed by atoms with E-state index in [-0.39, 0.29) is 23.8 Å². The highest BCUT2D eigenvalue weighted by Gasteiger charge is 2.36. The van der Waals surface area contributed by atoms with Gasteiger partial charge in [-0.1, -0.05) is 6.92 Å². The van der Waals surface area contributed by atoms with Crippen molar-refractivity contribution in [1.82, 2.24) is 10.2 Å². The van der Waals surface area contributed by atoms with E-state index in [1.165, 1.54) is 7.11 Å². The molecule has 0 aromatic rings. The third-order valence-electron chi connectivity index (χ3n) is 3.18. The van der Waals surface area contributed by atoms with Gasteiger partial charge in [0.25, 0.3) is 0 Å². The van der Waals surface area contributed by atoms with E-state index in [9.17, 15) is 9.59 Å². The second kappa shape index (κ2) is 5.69. The van der Waals surface area contributed by atoms with E-state index in [1.54, 1.807) is 0 Å². The van der Waals surface area contributed by atoms with Crippen LogP contribution in [0.25, 0.3) is 0 Å². The largest absolute Gasteiger partial charge is 0.469 e. The lowest BCUT2D eigenvalue weighted by Crippen LogP contribution is -2.52. The highest BCUT2D eigenvalue weighted by atomic mass is 16.5.